The molecule has 25 heavy (non-hydrogen) atoms. The quantitative estimate of drug-likeness (QED) is 0.760. The number of nitrogens with one attached hydrogen (secondary N) is 2. The summed E-state index contributed by atoms with van der Waals surface area (Å²) in [4.78, 5) is 35.3. The Hall–Kier alpha value is -3.10. The van der Waals surface area contributed by atoms with E-state index in [0.29, 0.717) is 12.3 Å². The molecule has 0 aliphatic carbocycles. The molecule has 2 aromatic rings. The van der Waals surface area contributed by atoms with E-state index >= 15 is 0 Å². The largest absolute Gasteiger partial charge is 0.452 e. The molecule has 1 unspecified atom stereocenters. The van der Waals surface area contributed by atoms with Crippen molar-refractivity contribution in [2.75, 3.05) is 0 Å². The lowest BCUT2D eigenvalue weighted by atomic mass is 10.3. The number of imide groups is 1. The molecule has 9 nitrogen and oxygen atoms in total. The average Bonchev–Trinajstić information content (AvgIpc) is 3.18. The summed E-state index contributed by atoms with van der Waals surface area (Å²) in [6.45, 7) is 5.24. The van der Waals surface area contributed by atoms with E-state index in [2.05, 4.69) is 15.7 Å². The van der Waals surface area contributed by atoms with Gasteiger partial charge in [-0.05, 0) is 39.0 Å². The molecule has 2 aromatic heterocycles. The molecule has 2 N–H and O–H groups in total. The fourth-order valence-electron chi connectivity index (χ4n) is 1.91. The van der Waals surface area contributed by atoms with Gasteiger partial charge < -0.3 is 14.5 Å². The zero-order valence-electron chi connectivity index (χ0n) is 14.2. The van der Waals surface area contributed by atoms with Crippen molar-refractivity contribution in [1.29, 1.82) is 0 Å². The first kappa shape index (κ1) is 18.2. The Morgan fingerprint density at radius 2 is 2.04 bits per heavy atom. The normalized spacial score (nSPS) is 11.8. The molecule has 0 saturated carbocycles. The number of amides is 3. The second kappa shape index (κ2) is 8.13. The lowest BCUT2D eigenvalue weighted by Crippen LogP contribution is -2.46. The molecule has 0 aliphatic heterocycles. The number of hydrogen-bond acceptors (Lipinski definition) is 6. The molecule has 0 aromatic carbocycles. The van der Waals surface area contributed by atoms with Gasteiger partial charge in [0.25, 0.3) is 5.91 Å². The van der Waals surface area contributed by atoms with Gasteiger partial charge in [0.1, 0.15) is 5.76 Å². The van der Waals surface area contributed by atoms with Gasteiger partial charge in [0.15, 0.2) is 6.10 Å². The highest BCUT2D eigenvalue weighted by atomic mass is 16.6. The molecular weight excluding hydrogens is 328 g/mol. The third-order valence-electron chi connectivity index (χ3n) is 3.05. The van der Waals surface area contributed by atoms with E-state index in [-0.39, 0.29) is 11.8 Å². The van der Waals surface area contributed by atoms with Crippen LogP contribution >= 0.6 is 0 Å². The topological polar surface area (TPSA) is 115 Å². The average molecular weight is 348 g/mol. The summed E-state index contributed by atoms with van der Waals surface area (Å²) in [6, 6.07) is 4.08. The maximum atomic E-state index is 12.0. The van der Waals surface area contributed by atoms with E-state index in [1.807, 2.05) is 0 Å². The van der Waals surface area contributed by atoms with Gasteiger partial charge >= 0.3 is 12.0 Å². The number of furan rings is 1. The smallest absolute Gasteiger partial charge is 0.375 e. The van der Waals surface area contributed by atoms with Crippen LogP contribution in [0, 0.1) is 0 Å². The van der Waals surface area contributed by atoms with Crippen LogP contribution in [0.5, 0.6) is 0 Å². The summed E-state index contributed by atoms with van der Waals surface area (Å²) in [5.74, 6) is -1.04. The van der Waals surface area contributed by atoms with Crippen molar-refractivity contribution in [2.45, 2.75) is 39.5 Å². The SMILES string of the molecule is CC(C)NC(=O)NC(=O)C(C)OC(=O)c1ccc(Cn2cccn2)o1. The van der Waals surface area contributed by atoms with Gasteiger partial charge in [0, 0.05) is 18.4 Å². The van der Waals surface area contributed by atoms with Crippen molar-refractivity contribution in [3.05, 3.63) is 42.1 Å². The highest BCUT2D eigenvalue weighted by Crippen LogP contribution is 2.11. The monoisotopic (exact) mass is 348 g/mol. The summed E-state index contributed by atoms with van der Waals surface area (Å²) < 4.78 is 12.0. The predicted molar refractivity (Wildman–Crippen MR) is 86.7 cm³/mol. The summed E-state index contributed by atoms with van der Waals surface area (Å²) in [7, 11) is 0. The predicted octanol–water partition coefficient (Wildman–Crippen LogP) is 1.30. The number of rotatable bonds is 6. The van der Waals surface area contributed by atoms with Crippen LogP contribution in [0.15, 0.2) is 35.0 Å². The number of carbonyl (C=O) groups excluding carboxylic acids is 3. The zero-order chi connectivity index (χ0) is 18.4. The third-order valence-corrected chi connectivity index (χ3v) is 3.05. The van der Waals surface area contributed by atoms with E-state index in [1.165, 1.54) is 13.0 Å². The highest BCUT2D eigenvalue weighted by molar-refractivity contribution is 5.98. The Balaban J connectivity index is 1.87. The minimum atomic E-state index is -1.15. The first-order chi connectivity index (χ1) is 11.8. The Morgan fingerprint density at radius 1 is 1.28 bits per heavy atom. The lowest BCUT2D eigenvalue weighted by molar-refractivity contribution is -0.128. The molecular formula is C16H20N4O5. The molecule has 134 valence electrons. The molecule has 0 saturated heterocycles. The summed E-state index contributed by atoms with van der Waals surface area (Å²) in [5.41, 5.74) is 0. The van der Waals surface area contributed by atoms with Crippen LogP contribution in [0.4, 0.5) is 4.79 Å². The van der Waals surface area contributed by atoms with Gasteiger partial charge in [0.05, 0.1) is 6.54 Å². The Morgan fingerprint density at radius 3 is 2.68 bits per heavy atom. The van der Waals surface area contributed by atoms with Crippen molar-refractivity contribution in [3.8, 4) is 0 Å². The van der Waals surface area contributed by atoms with Crippen molar-refractivity contribution in [3.63, 3.8) is 0 Å². The van der Waals surface area contributed by atoms with Crippen LogP contribution in [-0.4, -0.2) is 39.8 Å². The molecule has 2 rings (SSSR count). The second-order valence-electron chi connectivity index (χ2n) is 5.63. The van der Waals surface area contributed by atoms with Crippen LogP contribution in [0.25, 0.3) is 0 Å². The number of ether oxygens (including phenoxy) is 1. The zero-order valence-corrected chi connectivity index (χ0v) is 14.2. The summed E-state index contributed by atoms with van der Waals surface area (Å²) in [6.07, 6.45) is 2.24. The number of esters is 1. The van der Waals surface area contributed by atoms with Gasteiger partial charge in [-0.3, -0.25) is 14.8 Å². The minimum absolute atomic E-state index is 0.0339. The van der Waals surface area contributed by atoms with E-state index in [1.54, 1.807) is 43.1 Å². The minimum Gasteiger partial charge on any atom is -0.452 e. The first-order valence-corrected chi connectivity index (χ1v) is 7.73. The van der Waals surface area contributed by atoms with Crippen LogP contribution in [0.2, 0.25) is 0 Å². The fraction of sp³-hybridized carbons (Fsp3) is 0.375. The number of aromatic nitrogens is 2. The molecule has 1 atom stereocenters. The van der Waals surface area contributed by atoms with Gasteiger partial charge in [0.2, 0.25) is 5.76 Å². The van der Waals surface area contributed by atoms with Crippen molar-refractivity contribution in [2.24, 2.45) is 0 Å². The van der Waals surface area contributed by atoms with Gasteiger partial charge in [-0.1, -0.05) is 0 Å². The van der Waals surface area contributed by atoms with Crippen molar-refractivity contribution in [1.82, 2.24) is 20.4 Å². The van der Waals surface area contributed by atoms with Crippen molar-refractivity contribution < 1.29 is 23.5 Å². The number of nitrogens with zero attached hydrogens (tertiary/aromatic N) is 2. The number of carbonyl (C=O) groups is 3. The first-order valence-electron chi connectivity index (χ1n) is 7.73. The van der Waals surface area contributed by atoms with Gasteiger partial charge in [-0.25, -0.2) is 9.59 Å². The number of urea groups is 1. The third kappa shape index (κ3) is 5.48. The Kier molecular flexibility index (Phi) is 5.93. The molecule has 9 heteroatoms. The maximum Gasteiger partial charge on any atom is 0.375 e. The Labute approximate surface area is 144 Å². The highest BCUT2D eigenvalue weighted by Gasteiger charge is 2.22. The second-order valence-corrected chi connectivity index (χ2v) is 5.63. The molecule has 0 bridgehead atoms. The molecule has 0 spiro atoms. The summed E-state index contributed by atoms with van der Waals surface area (Å²) >= 11 is 0. The lowest BCUT2D eigenvalue weighted by Gasteiger charge is -2.13. The standard InChI is InChI=1S/C16H20N4O5/c1-10(2)18-16(23)19-14(21)11(3)24-15(22)13-6-5-12(25-13)9-20-8-4-7-17-20/h4-8,10-11H,9H2,1-3H3,(H2,18,19,21,23). The van der Waals surface area contributed by atoms with E-state index < -0.39 is 24.0 Å². The molecule has 0 fully saturated rings. The van der Waals surface area contributed by atoms with Crippen LogP contribution in [0.1, 0.15) is 37.1 Å². The fourth-order valence-corrected chi connectivity index (χ4v) is 1.91. The Bertz CT molecular complexity index is 736. The van der Waals surface area contributed by atoms with Crippen molar-refractivity contribution >= 4 is 17.9 Å². The van der Waals surface area contributed by atoms with E-state index in [4.69, 9.17) is 9.15 Å². The molecule has 2 heterocycles. The van der Waals surface area contributed by atoms with Gasteiger partial charge in [-0.2, -0.15) is 5.10 Å². The van der Waals surface area contributed by atoms with Gasteiger partial charge in [-0.15, -0.1) is 0 Å². The van der Waals surface area contributed by atoms with Crippen LogP contribution < -0.4 is 10.6 Å². The number of hydrogen-bond donors (Lipinski definition) is 2. The molecule has 0 aliphatic rings. The van der Waals surface area contributed by atoms with Crippen LogP contribution in [0.3, 0.4) is 0 Å². The van der Waals surface area contributed by atoms with Crippen LogP contribution in [-0.2, 0) is 16.1 Å². The maximum absolute atomic E-state index is 12.0. The molecule has 3 amide bonds. The molecule has 0 radical (unpaired) electrons. The van der Waals surface area contributed by atoms with E-state index in [9.17, 15) is 14.4 Å². The summed E-state index contributed by atoms with van der Waals surface area (Å²) in [5, 5.41) is 8.63. The van der Waals surface area contributed by atoms with E-state index in [0.717, 1.165) is 0 Å².